The maximum atomic E-state index is 10.2. The predicted molar refractivity (Wildman–Crippen MR) is 215 cm³/mol. The molecule has 11 aromatic rings. The number of benzene rings is 8. The van der Waals surface area contributed by atoms with Crippen LogP contribution in [0.1, 0.15) is 28.8 Å². The van der Waals surface area contributed by atoms with Crippen LogP contribution in [0.2, 0.25) is 0 Å². The molecule has 0 fully saturated rings. The van der Waals surface area contributed by atoms with Crippen molar-refractivity contribution in [3.8, 4) is 28.2 Å². The number of aromatic nitrogens is 3. The highest BCUT2D eigenvalue weighted by molar-refractivity contribution is 6.19. The molecule has 0 saturated carbocycles. The highest BCUT2D eigenvalue weighted by Crippen LogP contribution is 2.44. The summed E-state index contributed by atoms with van der Waals surface area (Å²) >= 11 is 0. The predicted octanol–water partition coefficient (Wildman–Crippen LogP) is 12.6. The van der Waals surface area contributed by atoms with Crippen LogP contribution >= 0.6 is 0 Å². The number of rotatable bonds is 4. The molecular formula is C48H31N3. The van der Waals surface area contributed by atoms with Crippen molar-refractivity contribution in [2.24, 2.45) is 0 Å². The maximum absolute atomic E-state index is 10.2. The first-order valence-electron chi connectivity index (χ1n) is 26.3. The number of hydrogen-bond donors (Lipinski definition) is 0. The first kappa shape index (κ1) is 14.6. The monoisotopic (exact) mass is 670 g/mol. The summed E-state index contributed by atoms with van der Waals surface area (Å²) in [4.78, 5) is 0. The van der Waals surface area contributed by atoms with Crippen LogP contribution in [0.15, 0.2) is 188 Å². The van der Waals surface area contributed by atoms with Gasteiger partial charge in [-0.3, -0.25) is 0 Å². The Morgan fingerprint density at radius 3 is 1.27 bits per heavy atom. The summed E-state index contributed by atoms with van der Waals surface area (Å²) in [6.45, 7) is 0. The largest absolute Gasteiger partial charge is 0.309 e. The van der Waals surface area contributed by atoms with Gasteiger partial charge in [-0.25, -0.2) is 0 Å². The first-order valence-corrected chi connectivity index (χ1v) is 15.8. The Morgan fingerprint density at radius 2 is 0.725 bits per heavy atom. The molecule has 3 aromatic heterocycles. The lowest BCUT2D eigenvalue weighted by atomic mass is 9.99. The van der Waals surface area contributed by atoms with Gasteiger partial charge in [-0.15, -0.1) is 0 Å². The van der Waals surface area contributed by atoms with Crippen LogP contribution in [-0.4, -0.2) is 13.7 Å². The lowest BCUT2D eigenvalue weighted by Crippen LogP contribution is -1.98. The van der Waals surface area contributed by atoms with Crippen molar-refractivity contribution in [1.82, 2.24) is 13.7 Å². The quantitative estimate of drug-likeness (QED) is 0.177. The SMILES string of the molecule is [2H]c1c([2H])c([2H])c2c(c1[2H])c1c([2H])c(-n3c4c([2H])c([2H])c([2H])c([2H])c4c4c([2H])c([2H])c([2H])c(-c5c([2H])c([2H])c([2H])c6c7c([2H])c([2H])c([2H])c([2H])c7n(-c7ccccc7)c56)c43)c([2H])c([2H])c1n2-c1ccccc1. The molecule has 0 aliphatic carbocycles. The minimum absolute atomic E-state index is 0.158. The Kier molecular flexibility index (Phi) is 3.09. The minimum atomic E-state index is -0.847. The van der Waals surface area contributed by atoms with Gasteiger partial charge in [0.05, 0.1) is 61.9 Å². The molecule has 11 rings (SSSR count). The van der Waals surface area contributed by atoms with Crippen molar-refractivity contribution in [2.45, 2.75) is 0 Å². The topological polar surface area (TPSA) is 14.8 Å². The standard InChI is InChI=1S/C48H31N3/c1-3-15-32(16-4-1)49-43-26-10-9-21-37(43)42-31-34(29-30-46(42)49)51-45-28-12-8-20-36(45)39-23-14-25-41(48(39)51)40-24-13-22-38-35-19-7-11-27-44(35)50(47(38)40)33-17-5-2-6-18-33/h1-31H/i7D,8D,9D,10D,11D,12D,13D,14D,19D,20D,21D,22D,23D,24D,25D,26D,27D,28D,29D,30D,31D. The summed E-state index contributed by atoms with van der Waals surface area (Å²) in [7, 11) is 0. The van der Waals surface area contributed by atoms with Crippen LogP contribution in [0.3, 0.4) is 0 Å². The van der Waals surface area contributed by atoms with Crippen molar-refractivity contribution < 1.29 is 28.8 Å². The summed E-state index contributed by atoms with van der Waals surface area (Å²) in [5, 5.41) is -1.94. The van der Waals surface area contributed by atoms with Gasteiger partial charge in [-0.1, -0.05) is 127 Å². The van der Waals surface area contributed by atoms with E-state index in [1.54, 1.807) is 60.7 Å². The summed E-state index contributed by atoms with van der Waals surface area (Å²) in [6, 6.07) is 1.10. The van der Waals surface area contributed by atoms with E-state index in [2.05, 4.69) is 0 Å². The minimum Gasteiger partial charge on any atom is -0.309 e. The van der Waals surface area contributed by atoms with Gasteiger partial charge in [0.2, 0.25) is 0 Å². The first-order chi connectivity index (χ1) is 34.1. The van der Waals surface area contributed by atoms with Crippen LogP contribution in [-0.2, 0) is 0 Å². The van der Waals surface area contributed by atoms with Gasteiger partial charge in [-0.05, 0) is 60.5 Å². The van der Waals surface area contributed by atoms with Crippen LogP contribution in [0.25, 0.3) is 93.6 Å². The van der Waals surface area contributed by atoms with E-state index in [4.69, 9.17) is 11.0 Å². The lowest BCUT2D eigenvalue weighted by Gasteiger charge is -2.15. The van der Waals surface area contributed by atoms with Gasteiger partial charge >= 0.3 is 0 Å². The smallest absolute Gasteiger partial charge is 0.0652 e. The number of fused-ring (bicyclic) bond motifs is 9. The second-order valence-corrected chi connectivity index (χ2v) is 11.7. The number of para-hydroxylation sites is 7. The molecule has 0 radical (unpaired) electrons. The van der Waals surface area contributed by atoms with Crippen molar-refractivity contribution >= 4 is 65.4 Å². The van der Waals surface area contributed by atoms with E-state index in [1.165, 1.54) is 9.13 Å². The number of nitrogens with zero attached hydrogens (tertiary/aromatic N) is 3. The third-order valence-electron chi connectivity index (χ3n) is 9.07. The van der Waals surface area contributed by atoms with E-state index in [9.17, 15) is 17.8 Å². The molecule has 0 atom stereocenters. The molecule has 0 bridgehead atoms. The summed E-state index contributed by atoms with van der Waals surface area (Å²) in [5.41, 5.74) is -2.94. The molecule has 3 heterocycles. The fourth-order valence-electron chi connectivity index (χ4n) is 7.01. The molecule has 8 aromatic carbocycles. The average molecular weight is 671 g/mol. The lowest BCUT2D eigenvalue weighted by molar-refractivity contribution is 1.16. The van der Waals surface area contributed by atoms with Crippen LogP contribution in [0, 0.1) is 0 Å². The van der Waals surface area contributed by atoms with E-state index < -0.39 is 166 Å². The third kappa shape index (κ3) is 4.00. The second-order valence-electron chi connectivity index (χ2n) is 11.7. The normalized spacial score (nSPS) is 17.7. The van der Waals surface area contributed by atoms with E-state index in [-0.39, 0.29) is 49.3 Å². The van der Waals surface area contributed by atoms with Crippen LogP contribution in [0.4, 0.5) is 0 Å². The fraction of sp³-hybridized carbons (Fsp3) is 0. The molecule has 0 spiro atoms. The van der Waals surface area contributed by atoms with Gasteiger partial charge in [0.25, 0.3) is 0 Å². The molecule has 0 aliphatic rings. The molecule has 0 unspecified atom stereocenters. The second kappa shape index (κ2) is 10.8. The fourth-order valence-corrected chi connectivity index (χ4v) is 7.01. The van der Waals surface area contributed by atoms with Crippen molar-refractivity contribution in [2.75, 3.05) is 0 Å². The zero-order valence-corrected chi connectivity index (χ0v) is 26.1. The summed E-state index contributed by atoms with van der Waals surface area (Å²) < 4.78 is 198. The zero-order chi connectivity index (χ0) is 51.7. The van der Waals surface area contributed by atoms with Crippen molar-refractivity contribution in [3.63, 3.8) is 0 Å². The highest BCUT2D eigenvalue weighted by atomic mass is 15.0. The molecule has 0 amide bonds. The zero-order valence-electron chi connectivity index (χ0n) is 47.1. The molecule has 0 N–H and O–H groups in total. The average Bonchev–Trinajstić information content (AvgIpc) is 4.05. The van der Waals surface area contributed by atoms with Crippen LogP contribution in [0.5, 0.6) is 0 Å². The van der Waals surface area contributed by atoms with Gasteiger partial charge in [0.1, 0.15) is 0 Å². The van der Waals surface area contributed by atoms with E-state index in [0.29, 0.717) is 5.69 Å². The molecule has 0 aliphatic heterocycles. The molecule has 3 nitrogen and oxygen atoms in total. The van der Waals surface area contributed by atoms with Gasteiger partial charge in [-0.2, -0.15) is 0 Å². The molecule has 51 heavy (non-hydrogen) atoms. The Labute approximate surface area is 324 Å². The molecule has 238 valence electrons. The van der Waals surface area contributed by atoms with E-state index in [0.717, 1.165) is 4.57 Å². The van der Waals surface area contributed by atoms with Crippen molar-refractivity contribution in [1.29, 1.82) is 0 Å². The maximum Gasteiger partial charge on any atom is 0.0652 e. The Morgan fingerprint density at radius 1 is 0.314 bits per heavy atom. The Hall–Kier alpha value is -6.84. The number of hydrogen-bond acceptors (Lipinski definition) is 0. The third-order valence-corrected chi connectivity index (χ3v) is 9.07. The summed E-state index contributed by atoms with van der Waals surface area (Å²) in [5.74, 6) is 0. The Balaban J connectivity index is 1.48. The molecule has 3 heteroatoms. The Bertz CT molecular complexity index is 4330. The van der Waals surface area contributed by atoms with Crippen LogP contribution < -0.4 is 0 Å². The molecule has 0 saturated heterocycles. The highest BCUT2D eigenvalue weighted by Gasteiger charge is 2.22. The van der Waals surface area contributed by atoms with Crippen molar-refractivity contribution in [3.05, 3.63) is 188 Å². The summed E-state index contributed by atoms with van der Waals surface area (Å²) in [6.07, 6.45) is 0. The van der Waals surface area contributed by atoms with Gasteiger partial charge in [0, 0.05) is 60.5 Å². The van der Waals surface area contributed by atoms with Gasteiger partial charge < -0.3 is 13.7 Å². The van der Waals surface area contributed by atoms with E-state index >= 15 is 0 Å². The van der Waals surface area contributed by atoms with E-state index in [1.807, 2.05) is 0 Å². The van der Waals surface area contributed by atoms with Gasteiger partial charge in [0.15, 0.2) is 0 Å². The molecular weight excluding hydrogens is 619 g/mol.